The van der Waals surface area contributed by atoms with Crippen LogP contribution in [0.4, 0.5) is 4.39 Å². The number of nitrogens with zero attached hydrogens (tertiary/aromatic N) is 1. The number of hydrogen-bond acceptors (Lipinski definition) is 3. The van der Waals surface area contributed by atoms with Crippen molar-refractivity contribution in [2.24, 2.45) is 5.73 Å². The molecule has 0 aliphatic carbocycles. The van der Waals surface area contributed by atoms with Crippen molar-refractivity contribution in [3.05, 3.63) is 51.9 Å². The first kappa shape index (κ1) is 13.0. The minimum Gasteiger partial charge on any atom is -0.439 e. The molecule has 1 aromatic carbocycles. The summed E-state index contributed by atoms with van der Waals surface area (Å²) in [6, 6.07) is 6.40. The fraction of sp³-hybridized carbons (Fsp3) is 0.154. The van der Waals surface area contributed by atoms with Gasteiger partial charge >= 0.3 is 0 Å². The zero-order chi connectivity index (χ0) is 13.1. The van der Waals surface area contributed by atoms with E-state index >= 15 is 0 Å². The normalized spacial score (nSPS) is 10.4. The minimum absolute atomic E-state index is 0.259. The third-order valence-corrected chi connectivity index (χ3v) is 2.89. The van der Waals surface area contributed by atoms with Gasteiger partial charge in [-0.2, -0.15) is 0 Å². The molecular formula is C13H12BrFN2O. The Bertz CT molecular complexity index is 575. The van der Waals surface area contributed by atoms with Crippen LogP contribution in [0.1, 0.15) is 11.1 Å². The monoisotopic (exact) mass is 310 g/mol. The van der Waals surface area contributed by atoms with Gasteiger partial charge in [0.15, 0.2) is 0 Å². The lowest BCUT2D eigenvalue weighted by atomic mass is 10.2. The van der Waals surface area contributed by atoms with Gasteiger partial charge in [-0.3, -0.25) is 0 Å². The number of aromatic nitrogens is 1. The maximum atomic E-state index is 13.1. The smallest absolute Gasteiger partial charge is 0.223 e. The molecule has 0 spiro atoms. The Morgan fingerprint density at radius 1 is 1.39 bits per heavy atom. The summed E-state index contributed by atoms with van der Waals surface area (Å²) in [4.78, 5) is 4.15. The molecule has 0 aliphatic rings. The van der Waals surface area contributed by atoms with Gasteiger partial charge in [0.05, 0.1) is 0 Å². The van der Waals surface area contributed by atoms with Crippen LogP contribution in [0.25, 0.3) is 0 Å². The van der Waals surface area contributed by atoms with Gasteiger partial charge in [-0.05, 0) is 52.7 Å². The van der Waals surface area contributed by atoms with E-state index in [0.29, 0.717) is 23.7 Å². The second-order valence-electron chi connectivity index (χ2n) is 3.83. The molecule has 18 heavy (non-hydrogen) atoms. The lowest BCUT2D eigenvalue weighted by molar-refractivity contribution is 0.454. The van der Waals surface area contributed by atoms with Crippen LogP contribution in [0.5, 0.6) is 11.6 Å². The number of hydrogen-bond donors (Lipinski definition) is 1. The summed E-state index contributed by atoms with van der Waals surface area (Å²) in [7, 11) is 0. The predicted octanol–water partition coefficient (Wildman–Crippen LogP) is 3.54. The lowest BCUT2D eigenvalue weighted by Gasteiger charge is -2.09. The average Bonchev–Trinajstić information content (AvgIpc) is 2.36. The minimum atomic E-state index is -0.259. The van der Waals surface area contributed by atoms with Crippen LogP contribution < -0.4 is 10.5 Å². The highest BCUT2D eigenvalue weighted by molar-refractivity contribution is 9.10. The second-order valence-corrected chi connectivity index (χ2v) is 4.75. The van der Waals surface area contributed by atoms with Gasteiger partial charge in [0.1, 0.15) is 11.6 Å². The lowest BCUT2D eigenvalue weighted by Crippen LogP contribution is -2.01. The topological polar surface area (TPSA) is 48.1 Å². The van der Waals surface area contributed by atoms with Crippen LogP contribution in [0, 0.1) is 12.7 Å². The Hall–Kier alpha value is -1.46. The third kappa shape index (κ3) is 2.86. The Morgan fingerprint density at radius 3 is 2.83 bits per heavy atom. The molecule has 0 amide bonds. The van der Waals surface area contributed by atoms with Crippen LogP contribution in [-0.4, -0.2) is 4.98 Å². The van der Waals surface area contributed by atoms with Crippen molar-refractivity contribution >= 4 is 15.9 Å². The van der Waals surface area contributed by atoms with E-state index in [0.717, 1.165) is 10.0 Å². The Balaban J connectivity index is 2.30. The van der Waals surface area contributed by atoms with Crippen molar-refractivity contribution in [2.75, 3.05) is 0 Å². The first-order chi connectivity index (χ1) is 8.60. The molecule has 0 fully saturated rings. The molecule has 2 N–H and O–H groups in total. The number of ether oxygens (including phenoxy) is 1. The summed E-state index contributed by atoms with van der Waals surface area (Å²) >= 11 is 3.32. The Kier molecular flexibility index (Phi) is 3.93. The standard InChI is InChI=1S/C13H12BrFN2O/c1-8-4-11(2-3-12(8)15)18-13-9(6-16)5-10(14)7-17-13/h2-5,7H,6,16H2,1H3. The molecule has 5 heteroatoms. The molecule has 1 aromatic heterocycles. The van der Waals surface area contributed by atoms with E-state index in [4.69, 9.17) is 10.5 Å². The highest BCUT2D eigenvalue weighted by Crippen LogP contribution is 2.26. The second kappa shape index (κ2) is 5.46. The molecular weight excluding hydrogens is 299 g/mol. The number of nitrogens with two attached hydrogens (primary N) is 1. The molecule has 0 radical (unpaired) electrons. The maximum Gasteiger partial charge on any atom is 0.223 e. The van der Waals surface area contributed by atoms with Crippen molar-refractivity contribution in [1.82, 2.24) is 4.98 Å². The van der Waals surface area contributed by atoms with Gasteiger partial charge in [0, 0.05) is 22.8 Å². The van der Waals surface area contributed by atoms with E-state index < -0.39 is 0 Å². The molecule has 94 valence electrons. The number of benzene rings is 1. The van der Waals surface area contributed by atoms with E-state index in [9.17, 15) is 4.39 Å². The molecule has 0 saturated carbocycles. The Morgan fingerprint density at radius 2 is 2.17 bits per heavy atom. The molecule has 0 bridgehead atoms. The predicted molar refractivity (Wildman–Crippen MR) is 71.0 cm³/mol. The van der Waals surface area contributed by atoms with E-state index in [2.05, 4.69) is 20.9 Å². The van der Waals surface area contributed by atoms with Crippen molar-refractivity contribution in [3.63, 3.8) is 0 Å². The molecule has 3 nitrogen and oxygen atoms in total. The van der Waals surface area contributed by atoms with Crippen LogP contribution in [0.2, 0.25) is 0 Å². The average molecular weight is 311 g/mol. The summed E-state index contributed by atoms with van der Waals surface area (Å²) in [5.41, 5.74) is 6.94. The van der Waals surface area contributed by atoms with Crippen molar-refractivity contribution in [2.45, 2.75) is 13.5 Å². The summed E-state index contributed by atoms with van der Waals surface area (Å²) in [5.74, 6) is 0.718. The molecule has 0 unspecified atom stereocenters. The fourth-order valence-corrected chi connectivity index (χ4v) is 1.88. The van der Waals surface area contributed by atoms with E-state index in [1.807, 2.05) is 6.07 Å². The van der Waals surface area contributed by atoms with E-state index in [1.165, 1.54) is 6.07 Å². The van der Waals surface area contributed by atoms with Crippen LogP contribution in [0.3, 0.4) is 0 Å². The molecule has 1 heterocycles. The maximum absolute atomic E-state index is 13.1. The largest absolute Gasteiger partial charge is 0.439 e. The SMILES string of the molecule is Cc1cc(Oc2ncc(Br)cc2CN)ccc1F. The highest BCUT2D eigenvalue weighted by Gasteiger charge is 2.07. The van der Waals surface area contributed by atoms with Gasteiger partial charge < -0.3 is 10.5 Å². The van der Waals surface area contributed by atoms with Crippen LogP contribution in [-0.2, 0) is 6.54 Å². The van der Waals surface area contributed by atoms with Crippen LogP contribution >= 0.6 is 15.9 Å². The summed E-state index contributed by atoms with van der Waals surface area (Å²) in [5, 5.41) is 0. The number of halogens is 2. The zero-order valence-electron chi connectivity index (χ0n) is 9.78. The summed E-state index contributed by atoms with van der Waals surface area (Å²) < 4.78 is 19.6. The fourth-order valence-electron chi connectivity index (χ4n) is 1.50. The van der Waals surface area contributed by atoms with Crippen molar-refractivity contribution in [3.8, 4) is 11.6 Å². The van der Waals surface area contributed by atoms with Gasteiger partial charge in [-0.15, -0.1) is 0 Å². The Labute approximate surface area is 113 Å². The molecule has 0 atom stereocenters. The first-order valence-corrected chi connectivity index (χ1v) is 6.18. The summed E-state index contributed by atoms with van der Waals surface area (Å²) in [6.07, 6.45) is 1.63. The number of rotatable bonds is 3. The van der Waals surface area contributed by atoms with Gasteiger partial charge in [-0.25, -0.2) is 9.37 Å². The molecule has 2 rings (SSSR count). The van der Waals surface area contributed by atoms with E-state index in [-0.39, 0.29) is 5.82 Å². The van der Waals surface area contributed by atoms with Crippen molar-refractivity contribution < 1.29 is 9.13 Å². The third-order valence-electron chi connectivity index (χ3n) is 2.46. The number of aryl methyl sites for hydroxylation is 1. The first-order valence-electron chi connectivity index (χ1n) is 5.38. The quantitative estimate of drug-likeness (QED) is 0.943. The van der Waals surface area contributed by atoms with E-state index in [1.54, 1.807) is 25.3 Å². The molecule has 0 aliphatic heterocycles. The zero-order valence-corrected chi connectivity index (χ0v) is 11.4. The van der Waals surface area contributed by atoms with Gasteiger partial charge in [-0.1, -0.05) is 0 Å². The molecule has 2 aromatic rings. The summed E-state index contributed by atoms with van der Waals surface area (Å²) in [6.45, 7) is 2.00. The number of pyridine rings is 1. The highest BCUT2D eigenvalue weighted by atomic mass is 79.9. The van der Waals surface area contributed by atoms with Gasteiger partial charge in [0.2, 0.25) is 5.88 Å². The molecule has 0 saturated heterocycles. The van der Waals surface area contributed by atoms with Gasteiger partial charge in [0.25, 0.3) is 0 Å². The van der Waals surface area contributed by atoms with Crippen LogP contribution in [0.15, 0.2) is 34.9 Å². The van der Waals surface area contributed by atoms with Crippen molar-refractivity contribution in [1.29, 1.82) is 0 Å².